The molecule has 2 aromatic heterocycles. The van der Waals surface area contributed by atoms with Crippen molar-refractivity contribution >= 4 is 0 Å². The van der Waals surface area contributed by atoms with Crippen molar-refractivity contribution in [2.75, 3.05) is 0 Å². The zero-order valence-corrected chi connectivity index (χ0v) is 12.0. The van der Waals surface area contributed by atoms with Gasteiger partial charge in [-0.1, -0.05) is 12.1 Å². The van der Waals surface area contributed by atoms with Crippen molar-refractivity contribution in [1.82, 2.24) is 25.2 Å². The molecule has 0 saturated heterocycles. The molecule has 0 amide bonds. The maximum atomic E-state index is 5.19. The fraction of sp³-hybridized carbons (Fsp3) is 0.615. The summed E-state index contributed by atoms with van der Waals surface area (Å²) >= 11 is 0. The predicted molar refractivity (Wildman–Crippen MR) is 71.5 cm³/mol. The van der Waals surface area contributed by atoms with Gasteiger partial charge in [-0.3, -0.25) is 0 Å². The molecular formula is C13H21N5O. The zero-order valence-electron chi connectivity index (χ0n) is 12.0. The molecule has 0 saturated carbocycles. The Morgan fingerprint density at radius 1 is 1.42 bits per heavy atom. The molecule has 2 rings (SSSR count). The second-order valence-electron chi connectivity index (χ2n) is 4.74. The van der Waals surface area contributed by atoms with Gasteiger partial charge in [-0.05, 0) is 27.2 Å². The van der Waals surface area contributed by atoms with Crippen LogP contribution < -0.4 is 5.32 Å². The Morgan fingerprint density at radius 2 is 2.21 bits per heavy atom. The highest BCUT2D eigenvalue weighted by atomic mass is 16.5. The summed E-state index contributed by atoms with van der Waals surface area (Å²) in [6.07, 6.45) is 2.66. The first-order valence-corrected chi connectivity index (χ1v) is 6.66. The Hall–Kier alpha value is -1.69. The molecule has 0 radical (unpaired) electrons. The molecule has 104 valence electrons. The Labute approximate surface area is 113 Å². The third-order valence-electron chi connectivity index (χ3n) is 3.22. The normalized spacial score (nSPS) is 12.8. The van der Waals surface area contributed by atoms with E-state index < -0.39 is 0 Å². The molecule has 1 atom stereocenters. The first kappa shape index (κ1) is 13.7. The minimum Gasteiger partial charge on any atom is -0.361 e. The van der Waals surface area contributed by atoms with Crippen LogP contribution >= 0.6 is 0 Å². The van der Waals surface area contributed by atoms with Crippen LogP contribution in [0.4, 0.5) is 0 Å². The van der Waals surface area contributed by atoms with Gasteiger partial charge in [0.2, 0.25) is 0 Å². The van der Waals surface area contributed by atoms with E-state index >= 15 is 0 Å². The van der Waals surface area contributed by atoms with Crippen molar-refractivity contribution < 1.29 is 4.52 Å². The number of nitrogens with one attached hydrogen (secondary N) is 1. The van der Waals surface area contributed by atoms with Crippen molar-refractivity contribution in [3.63, 3.8) is 0 Å². The molecule has 0 aliphatic carbocycles. The van der Waals surface area contributed by atoms with E-state index in [1.165, 1.54) is 0 Å². The van der Waals surface area contributed by atoms with Gasteiger partial charge in [-0.2, -0.15) is 5.10 Å². The molecule has 0 spiro atoms. The second-order valence-corrected chi connectivity index (χ2v) is 4.74. The summed E-state index contributed by atoms with van der Waals surface area (Å²) in [5.74, 6) is 1.83. The number of aromatic nitrogens is 4. The van der Waals surface area contributed by atoms with Gasteiger partial charge in [0.25, 0.3) is 0 Å². The van der Waals surface area contributed by atoms with E-state index in [0.29, 0.717) is 6.54 Å². The number of hydrogen-bond acceptors (Lipinski definition) is 5. The number of hydrogen-bond donors (Lipinski definition) is 1. The highest BCUT2D eigenvalue weighted by Crippen LogP contribution is 2.20. The quantitative estimate of drug-likeness (QED) is 0.864. The van der Waals surface area contributed by atoms with Crippen LogP contribution in [0.3, 0.4) is 0 Å². The summed E-state index contributed by atoms with van der Waals surface area (Å²) in [6.45, 7) is 9.72. The summed E-state index contributed by atoms with van der Waals surface area (Å²) < 4.78 is 7.13. The number of aryl methyl sites for hydroxylation is 3. The topological polar surface area (TPSA) is 68.8 Å². The lowest BCUT2D eigenvalue weighted by Crippen LogP contribution is -2.22. The van der Waals surface area contributed by atoms with Gasteiger partial charge < -0.3 is 9.84 Å². The SMILES string of the molecule is CCCn1ncnc1CNC(C)c1c(C)noc1C. The zero-order chi connectivity index (χ0) is 13.8. The standard InChI is InChI=1S/C13H21N5O/c1-5-6-18-12(15-8-16-18)7-14-9(2)13-10(3)17-19-11(13)4/h8-9,14H,5-7H2,1-4H3. The number of nitrogens with zero attached hydrogens (tertiary/aromatic N) is 4. The lowest BCUT2D eigenvalue weighted by molar-refractivity contribution is 0.390. The smallest absolute Gasteiger partial charge is 0.140 e. The fourth-order valence-corrected chi connectivity index (χ4v) is 2.28. The highest BCUT2D eigenvalue weighted by molar-refractivity contribution is 5.24. The Bertz CT molecular complexity index is 511. The molecule has 19 heavy (non-hydrogen) atoms. The van der Waals surface area contributed by atoms with Crippen LogP contribution in [0, 0.1) is 13.8 Å². The van der Waals surface area contributed by atoms with Gasteiger partial charge in [0.15, 0.2) is 0 Å². The van der Waals surface area contributed by atoms with Crippen LogP contribution in [-0.4, -0.2) is 19.9 Å². The van der Waals surface area contributed by atoms with Crippen molar-refractivity contribution in [3.05, 3.63) is 29.2 Å². The van der Waals surface area contributed by atoms with Crippen molar-refractivity contribution in [1.29, 1.82) is 0 Å². The minimum absolute atomic E-state index is 0.179. The van der Waals surface area contributed by atoms with Gasteiger partial charge in [0.05, 0.1) is 12.2 Å². The lowest BCUT2D eigenvalue weighted by atomic mass is 10.1. The van der Waals surface area contributed by atoms with E-state index in [1.54, 1.807) is 6.33 Å². The third kappa shape index (κ3) is 3.01. The minimum atomic E-state index is 0.179. The molecule has 0 bridgehead atoms. The maximum absolute atomic E-state index is 5.19. The predicted octanol–water partition coefficient (Wildman–Crippen LogP) is 2.14. The monoisotopic (exact) mass is 263 g/mol. The average Bonchev–Trinajstić information content (AvgIpc) is 2.94. The molecule has 6 heteroatoms. The van der Waals surface area contributed by atoms with E-state index in [0.717, 1.165) is 35.8 Å². The molecule has 2 aromatic rings. The van der Waals surface area contributed by atoms with Gasteiger partial charge in [-0.25, -0.2) is 9.67 Å². The van der Waals surface area contributed by atoms with Crippen molar-refractivity contribution in [2.24, 2.45) is 0 Å². The molecule has 1 unspecified atom stereocenters. The van der Waals surface area contributed by atoms with Crippen LogP contribution in [0.1, 0.15) is 49.2 Å². The second kappa shape index (κ2) is 5.97. The molecule has 0 aliphatic heterocycles. The first-order valence-electron chi connectivity index (χ1n) is 6.66. The fourth-order valence-electron chi connectivity index (χ4n) is 2.28. The average molecular weight is 263 g/mol. The molecule has 0 aromatic carbocycles. The van der Waals surface area contributed by atoms with Gasteiger partial charge >= 0.3 is 0 Å². The number of rotatable bonds is 6. The molecule has 0 aliphatic rings. The molecule has 6 nitrogen and oxygen atoms in total. The van der Waals surface area contributed by atoms with E-state index in [2.05, 4.69) is 34.4 Å². The summed E-state index contributed by atoms with van der Waals surface area (Å²) in [5, 5.41) is 11.6. The summed E-state index contributed by atoms with van der Waals surface area (Å²) in [6, 6.07) is 0.179. The maximum Gasteiger partial charge on any atom is 0.140 e. The van der Waals surface area contributed by atoms with Crippen LogP contribution in [0.15, 0.2) is 10.9 Å². The van der Waals surface area contributed by atoms with E-state index in [9.17, 15) is 0 Å². The van der Waals surface area contributed by atoms with Crippen molar-refractivity contribution in [2.45, 2.75) is 53.2 Å². The Balaban J connectivity index is 2.00. The lowest BCUT2D eigenvalue weighted by Gasteiger charge is -2.13. The van der Waals surface area contributed by atoms with Crippen LogP contribution in [-0.2, 0) is 13.1 Å². The summed E-state index contributed by atoms with van der Waals surface area (Å²) in [7, 11) is 0. The molecule has 0 fully saturated rings. The largest absolute Gasteiger partial charge is 0.361 e. The van der Waals surface area contributed by atoms with E-state index in [1.807, 2.05) is 18.5 Å². The molecular weight excluding hydrogens is 242 g/mol. The van der Waals surface area contributed by atoms with Gasteiger partial charge in [-0.15, -0.1) is 0 Å². The Kier molecular flexibility index (Phi) is 4.31. The summed E-state index contributed by atoms with van der Waals surface area (Å²) in [4.78, 5) is 4.28. The van der Waals surface area contributed by atoms with Gasteiger partial charge in [0.1, 0.15) is 17.9 Å². The summed E-state index contributed by atoms with van der Waals surface area (Å²) in [5.41, 5.74) is 2.06. The molecule has 1 N–H and O–H groups in total. The highest BCUT2D eigenvalue weighted by Gasteiger charge is 2.16. The van der Waals surface area contributed by atoms with Gasteiger partial charge in [0, 0.05) is 18.2 Å². The van der Waals surface area contributed by atoms with Crippen LogP contribution in [0.25, 0.3) is 0 Å². The van der Waals surface area contributed by atoms with Crippen LogP contribution in [0.5, 0.6) is 0 Å². The van der Waals surface area contributed by atoms with E-state index in [4.69, 9.17) is 4.52 Å². The van der Waals surface area contributed by atoms with Crippen molar-refractivity contribution in [3.8, 4) is 0 Å². The van der Waals surface area contributed by atoms with E-state index in [-0.39, 0.29) is 6.04 Å². The first-order chi connectivity index (χ1) is 9.13. The molecule has 2 heterocycles. The third-order valence-corrected chi connectivity index (χ3v) is 3.22. The van der Waals surface area contributed by atoms with Crippen LogP contribution in [0.2, 0.25) is 0 Å². The Morgan fingerprint density at radius 3 is 2.84 bits per heavy atom.